The molecule has 140 valence electrons. The van der Waals surface area contributed by atoms with E-state index in [9.17, 15) is 9.59 Å². The maximum Gasteiger partial charge on any atom is 0.253 e. The summed E-state index contributed by atoms with van der Waals surface area (Å²) in [5.74, 6) is -1.73. The Kier molecular flexibility index (Phi) is 4.97. The summed E-state index contributed by atoms with van der Waals surface area (Å²) in [5, 5.41) is 13.8. The number of carbonyl (C=O) groups excluding carboxylic acids is 2. The van der Waals surface area contributed by atoms with Crippen LogP contribution in [0.15, 0.2) is 72.0 Å². The average molecular weight is 373 g/mol. The van der Waals surface area contributed by atoms with Crippen molar-refractivity contribution in [2.75, 3.05) is 6.54 Å². The van der Waals surface area contributed by atoms with Crippen molar-refractivity contribution in [2.45, 2.75) is 5.92 Å². The first-order chi connectivity index (χ1) is 13.7. The predicted molar refractivity (Wildman–Crippen MR) is 105 cm³/mol. The van der Waals surface area contributed by atoms with Gasteiger partial charge in [0.2, 0.25) is 5.91 Å². The fraction of sp³-hybridized carbons (Fsp3) is 0.143. The van der Waals surface area contributed by atoms with Crippen LogP contribution in [-0.4, -0.2) is 34.8 Å². The Bertz CT molecular complexity index is 998. The highest BCUT2D eigenvalue weighted by atomic mass is 16.2. The zero-order chi connectivity index (χ0) is 19.3. The van der Waals surface area contributed by atoms with Crippen molar-refractivity contribution in [1.82, 2.24) is 20.9 Å². The van der Waals surface area contributed by atoms with Crippen molar-refractivity contribution in [3.05, 3.63) is 78.0 Å². The standard InChI is InChI=1S/C21H19N5O2/c27-20-18(17(13-22-20)14-7-3-1-4-8-14)21(28)26-24-12-16-11-23-25-19(16)15-9-5-2-6-10-15/h1-12,17-18H,13H2,(H,22,27)(H,23,25)(H,26,28)/b24-12+/t17-,18-/m1/s1. The largest absolute Gasteiger partial charge is 0.355 e. The Labute approximate surface area is 161 Å². The number of aromatic amines is 1. The zero-order valence-electron chi connectivity index (χ0n) is 15.0. The molecule has 1 aliphatic rings. The molecule has 7 heteroatoms. The van der Waals surface area contributed by atoms with Gasteiger partial charge >= 0.3 is 0 Å². The van der Waals surface area contributed by atoms with E-state index in [0.717, 1.165) is 22.4 Å². The molecule has 2 aromatic carbocycles. The lowest BCUT2D eigenvalue weighted by molar-refractivity contribution is -0.133. The number of nitrogens with one attached hydrogen (secondary N) is 3. The number of amides is 2. The first-order valence-electron chi connectivity index (χ1n) is 8.98. The third-order valence-corrected chi connectivity index (χ3v) is 4.80. The van der Waals surface area contributed by atoms with Gasteiger partial charge in [0.05, 0.1) is 18.1 Å². The van der Waals surface area contributed by atoms with Gasteiger partial charge in [-0.3, -0.25) is 14.7 Å². The van der Waals surface area contributed by atoms with E-state index in [1.807, 2.05) is 60.7 Å². The monoisotopic (exact) mass is 373 g/mol. The summed E-state index contributed by atoms with van der Waals surface area (Å²) in [6, 6.07) is 19.3. The minimum atomic E-state index is -0.808. The highest BCUT2D eigenvalue weighted by Gasteiger charge is 2.40. The van der Waals surface area contributed by atoms with Gasteiger partial charge in [-0.05, 0) is 5.56 Å². The van der Waals surface area contributed by atoms with Gasteiger partial charge in [0, 0.05) is 23.6 Å². The van der Waals surface area contributed by atoms with Crippen LogP contribution in [0.1, 0.15) is 17.0 Å². The number of hydrogen-bond acceptors (Lipinski definition) is 4. The van der Waals surface area contributed by atoms with Crippen LogP contribution in [0.25, 0.3) is 11.3 Å². The molecule has 0 radical (unpaired) electrons. The SMILES string of the molecule is O=C1NC[C@H](c2ccccc2)[C@H]1C(=O)N/N=C/c1cn[nH]c1-c1ccccc1. The molecule has 3 N–H and O–H groups in total. The summed E-state index contributed by atoms with van der Waals surface area (Å²) < 4.78 is 0. The molecule has 0 bridgehead atoms. The molecule has 2 heterocycles. The maximum atomic E-state index is 12.6. The van der Waals surface area contributed by atoms with Crippen LogP contribution in [0.2, 0.25) is 0 Å². The van der Waals surface area contributed by atoms with E-state index in [-0.39, 0.29) is 11.8 Å². The Morgan fingerprint density at radius 1 is 1.11 bits per heavy atom. The van der Waals surface area contributed by atoms with Gasteiger partial charge in [0.25, 0.3) is 5.91 Å². The number of benzene rings is 2. The second-order valence-electron chi connectivity index (χ2n) is 6.54. The second kappa shape index (κ2) is 7.87. The summed E-state index contributed by atoms with van der Waals surface area (Å²) in [4.78, 5) is 24.8. The van der Waals surface area contributed by atoms with Crippen molar-refractivity contribution in [2.24, 2.45) is 11.0 Å². The van der Waals surface area contributed by atoms with E-state index < -0.39 is 11.8 Å². The number of hydrogen-bond donors (Lipinski definition) is 3. The van der Waals surface area contributed by atoms with Crippen LogP contribution in [-0.2, 0) is 9.59 Å². The van der Waals surface area contributed by atoms with Crippen molar-refractivity contribution in [3.63, 3.8) is 0 Å². The molecule has 0 saturated carbocycles. The number of H-pyrrole nitrogens is 1. The lowest BCUT2D eigenvalue weighted by atomic mass is 9.88. The Morgan fingerprint density at radius 2 is 1.82 bits per heavy atom. The predicted octanol–water partition coefficient (Wildman–Crippen LogP) is 2.06. The molecular weight excluding hydrogens is 354 g/mol. The lowest BCUT2D eigenvalue weighted by Gasteiger charge is -2.15. The van der Waals surface area contributed by atoms with Gasteiger partial charge in [-0.1, -0.05) is 60.7 Å². The summed E-state index contributed by atoms with van der Waals surface area (Å²) in [7, 11) is 0. The minimum absolute atomic E-state index is 0.210. The first kappa shape index (κ1) is 17.7. The van der Waals surface area contributed by atoms with Gasteiger partial charge in [0.1, 0.15) is 5.92 Å². The normalized spacial score (nSPS) is 18.9. The van der Waals surface area contributed by atoms with Crippen LogP contribution in [0.3, 0.4) is 0 Å². The molecule has 0 unspecified atom stereocenters. The summed E-state index contributed by atoms with van der Waals surface area (Å²) >= 11 is 0. The molecule has 3 aromatic rings. The highest BCUT2D eigenvalue weighted by molar-refractivity contribution is 6.03. The third kappa shape index (κ3) is 3.55. The Balaban J connectivity index is 1.47. The Morgan fingerprint density at radius 3 is 2.57 bits per heavy atom. The lowest BCUT2D eigenvalue weighted by Crippen LogP contribution is -2.34. The second-order valence-corrected chi connectivity index (χ2v) is 6.54. The quantitative estimate of drug-likeness (QED) is 0.363. The molecule has 1 fully saturated rings. The van der Waals surface area contributed by atoms with Crippen LogP contribution in [0, 0.1) is 5.92 Å². The molecule has 28 heavy (non-hydrogen) atoms. The van der Waals surface area contributed by atoms with Crippen molar-refractivity contribution in [3.8, 4) is 11.3 Å². The van der Waals surface area contributed by atoms with Gasteiger partial charge in [-0.25, -0.2) is 5.43 Å². The average Bonchev–Trinajstić information content (AvgIpc) is 3.36. The van der Waals surface area contributed by atoms with E-state index in [2.05, 4.69) is 26.0 Å². The van der Waals surface area contributed by atoms with Crippen LogP contribution in [0.5, 0.6) is 0 Å². The minimum Gasteiger partial charge on any atom is -0.355 e. The van der Waals surface area contributed by atoms with E-state index in [1.54, 1.807) is 6.20 Å². The molecule has 7 nitrogen and oxygen atoms in total. The smallest absolute Gasteiger partial charge is 0.253 e. The Hall–Kier alpha value is -3.74. The van der Waals surface area contributed by atoms with Crippen LogP contribution >= 0.6 is 0 Å². The van der Waals surface area contributed by atoms with Gasteiger partial charge < -0.3 is 5.32 Å². The van der Waals surface area contributed by atoms with E-state index in [1.165, 1.54) is 6.21 Å². The molecule has 1 saturated heterocycles. The molecule has 0 aliphatic carbocycles. The third-order valence-electron chi connectivity index (χ3n) is 4.80. The summed E-state index contributed by atoms with van der Waals surface area (Å²) in [5.41, 5.74) is 5.96. The fourth-order valence-electron chi connectivity index (χ4n) is 3.40. The van der Waals surface area contributed by atoms with Crippen molar-refractivity contribution >= 4 is 18.0 Å². The number of aromatic nitrogens is 2. The van der Waals surface area contributed by atoms with Crippen LogP contribution < -0.4 is 10.7 Å². The molecule has 4 rings (SSSR count). The molecule has 1 aromatic heterocycles. The van der Waals surface area contributed by atoms with Crippen molar-refractivity contribution < 1.29 is 9.59 Å². The maximum absolute atomic E-state index is 12.6. The van der Waals surface area contributed by atoms with E-state index >= 15 is 0 Å². The molecular formula is C21H19N5O2. The number of carbonyl (C=O) groups is 2. The van der Waals surface area contributed by atoms with Gasteiger partial charge in [-0.2, -0.15) is 10.2 Å². The van der Waals surface area contributed by atoms with Crippen molar-refractivity contribution in [1.29, 1.82) is 0 Å². The number of rotatable bonds is 5. The molecule has 2 amide bonds. The van der Waals surface area contributed by atoms with Gasteiger partial charge in [0.15, 0.2) is 0 Å². The fourth-order valence-corrected chi connectivity index (χ4v) is 3.40. The molecule has 1 aliphatic heterocycles. The van der Waals surface area contributed by atoms with Crippen LogP contribution in [0.4, 0.5) is 0 Å². The molecule has 2 atom stereocenters. The molecule has 0 spiro atoms. The first-order valence-corrected chi connectivity index (χ1v) is 8.98. The summed E-state index contributed by atoms with van der Waals surface area (Å²) in [6.45, 7) is 0.435. The van der Waals surface area contributed by atoms with E-state index in [0.29, 0.717) is 6.54 Å². The topological polar surface area (TPSA) is 99.2 Å². The van der Waals surface area contributed by atoms with E-state index in [4.69, 9.17) is 0 Å². The number of hydrazone groups is 1. The zero-order valence-corrected chi connectivity index (χ0v) is 15.0. The summed E-state index contributed by atoms with van der Waals surface area (Å²) in [6.07, 6.45) is 3.15. The number of nitrogens with zero attached hydrogens (tertiary/aromatic N) is 2. The highest BCUT2D eigenvalue weighted by Crippen LogP contribution is 2.29. The van der Waals surface area contributed by atoms with Gasteiger partial charge in [-0.15, -0.1) is 0 Å².